The van der Waals surface area contributed by atoms with Gasteiger partial charge in [-0.3, -0.25) is 9.48 Å². The highest BCUT2D eigenvalue weighted by Crippen LogP contribution is 2.29. The van der Waals surface area contributed by atoms with E-state index in [0.29, 0.717) is 19.7 Å². The molecular weight excluding hydrogens is 340 g/mol. The Morgan fingerprint density at radius 1 is 1.36 bits per heavy atom. The van der Waals surface area contributed by atoms with Crippen molar-refractivity contribution in [2.24, 2.45) is 13.0 Å². The van der Waals surface area contributed by atoms with Crippen LogP contribution in [0.2, 0.25) is 0 Å². The molecule has 0 unspecified atom stereocenters. The van der Waals surface area contributed by atoms with Gasteiger partial charge in [-0.1, -0.05) is 18.2 Å². The van der Waals surface area contributed by atoms with Crippen LogP contribution in [0.5, 0.6) is 5.75 Å². The van der Waals surface area contributed by atoms with E-state index in [1.165, 1.54) is 0 Å². The molecule has 0 saturated carbocycles. The number of likely N-dealkylation sites (N-methyl/N-ethyl adjacent to an activating group) is 1. The molecule has 0 aliphatic carbocycles. The minimum absolute atomic E-state index is 0. The van der Waals surface area contributed by atoms with E-state index in [4.69, 9.17) is 4.74 Å². The van der Waals surface area contributed by atoms with E-state index in [2.05, 4.69) is 10.4 Å². The Bertz CT molecular complexity index is 677. The maximum atomic E-state index is 12.8. The minimum atomic E-state index is -0.0454. The molecule has 0 spiro atoms. The highest BCUT2D eigenvalue weighted by Gasteiger charge is 2.36. The van der Waals surface area contributed by atoms with Crippen LogP contribution in [0.1, 0.15) is 11.5 Å². The van der Waals surface area contributed by atoms with Crippen LogP contribution in [0.15, 0.2) is 42.7 Å². The molecule has 1 aliphatic rings. The number of para-hydroxylation sites is 1. The maximum absolute atomic E-state index is 12.8. The fourth-order valence-electron chi connectivity index (χ4n) is 3.13. The average Bonchev–Trinajstić information content (AvgIpc) is 3.23. The summed E-state index contributed by atoms with van der Waals surface area (Å²) in [6, 6.07) is 9.66. The zero-order valence-electron chi connectivity index (χ0n) is 14.6. The number of amides is 1. The molecule has 1 fully saturated rings. The molecular formula is C18H25ClN4O2. The highest BCUT2D eigenvalue weighted by molar-refractivity contribution is 5.85. The molecule has 2 heterocycles. The topological polar surface area (TPSA) is 59.4 Å². The van der Waals surface area contributed by atoms with Crippen LogP contribution in [-0.4, -0.2) is 53.9 Å². The van der Waals surface area contributed by atoms with Gasteiger partial charge in [0.05, 0.1) is 18.7 Å². The smallest absolute Gasteiger partial charge is 0.227 e. The molecule has 136 valence electrons. The summed E-state index contributed by atoms with van der Waals surface area (Å²) < 4.78 is 7.47. The van der Waals surface area contributed by atoms with Gasteiger partial charge in [0.1, 0.15) is 12.4 Å². The average molecular weight is 365 g/mol. The van der Waals surface area contributed by atoms with Crippen molar-refractivity contribution < 1.29 is 9.53 Å². The SMILES string of the molecule is CN(CCOc1ccccc1)C(=O)[C@H]1CNC[C@@H]1c1cnn(C)c1.Cl. The van der Waals surface area contributed by atoms with E-state index in [1.54, 1.807) is 9.58 Å². The molecule has 7 heteroatoms. The largest absolute Gasteiger partial charge is 0.492 e. The van der Waals surface area contributed by atoms with Crippen molar-refractivity contribution >= 4 is 18.3 Å². The van der Waals surface area contributed by atoms with Gasteiger partial charge < -0.3 is 15.0 Å². The third-order valence-electron chi connectivity index (χ3n) is 4.50. The van der Waals surface area contributed by atoms with Gasteiger partial charge in [-0.05, 0) is 17.7 Å². The molecule has 1 saturated heterocycles. The number of aromatic nitrogens is 2. The van der Waals surface area contributed by atoms with Crippen molar-refractivity contribution in [1.82, 2.24) is 20.0 Å². The summed E-state index contributed by atoms with van der Waals surface area (Å²) >= 11 is 0. The van der Waals surface area contributed by atoms with Crippen LogP contribution in [0, 0.1) is 5.92 Å². The second kappa shape index (κ2) is 8.87. The van der Waals surface area contributed by atoms with E-state index in [9.17, 15) is 4.79 Å². The number of nitrogens with zero attached hydrogens (tertiary/aromatic N) is 3. The Morgan fingerprint density at radius 2 is 2.12 bits per heavy atom. The fourth-order valence-corrected chi connectivity index (χ4v) is 3.13. The number of hydrogen-bond donors (Lipinski definition) is 1. The summed E-state index contributed by atoms with van der Waals surface area (Å²) in [7, 11) is 3.74. The lowest BCUT2D eigenvalue weighted by molar-refractivity contribution is -0.134. The summed E-state index contributed by atoms with van der Waals surface area (Å²) in [5, 5.41) is 7.56. The standard InChI is InChI=1S/C18H24N4O2.ClH/c1-21(8-9-24-15-6-4-3-5-7-15)18(23)17-12-19-11-16(17)14-10-20-22(2)13-14;/h3-7,10,13,16-17,19H,8-9,11-12H2,1-2H3;1H/t16-,17+;/m1./s1. The van der Waals surface area contributed by atoms with Crippen LogP contribution < -0.4 is 10.1 Å². The van der Waals surface area contributed by atoms with Crippen molar-refractivity contribution in [3.05, 3.63) is 48.3 Å². The molecule has 6 nitrogen and oxygen atoms in total. The van der Waals surface area contributed by atoms with E-state index in [0.717, 1.165) is 17.9 Å². The molecule has 25 heavy (non-hydrogen) atoms. The van der Waals surface area contributed by atoms with Crippen molar-refractivity contribution in [3.63, 3.8) is 0 Å². The van der Waals surface area contributed by atoms with Crippen molar-refractivity contribution in [3.8, 4) is 5.75 Å². The van der Waals surface area contributed by atoms with Gasteiger partial charge in [0, 0.05) is 39.3 Å². The first-order valence-corrected chi connectivity index (χ1v) is 8.27. The van der Waals surface area contributed by atoms with E-state index in [-0.39, 0.29) is 30.2 Å². The Hall–Kier alpha value is -2.05. The van der Waals surface area contributed by atoms with Gasteiger partial charge in [0.25, 0.3) is 0 Å². The normalized spacial score (nSPS) is 19.3. The minimum Gasteiger partial charge on any atom is -0.492 e. The monoisotopic (exact) mass is 364 g/mol. The number of benzene rings is 1. The van der Waals surface area contributed by atoms with Gasteiger partial charge in [-0.15, -0.1) is 12.4 Å². The van der Waals surface area contributed by atoms with Gasteiger partial charge in [-0.2, -0.15) is 5.10 Å². The molecule has 1 aromatic carbocycles. The van der Waals surface area contributed by atoms with Crippen LogP contribution in [0.25, 0.3) is 0 Å². The van der Waals surface area contributed by atoms with Gasteiger partial charge in [-0.25, -0.2) is 0 Å². The Labute approximate surface area is 154 Å². The number of carbonyl (C=O) groups is 1. The third-order valence-corrected chi connectivity index (χ3v) is 4.50. The van der Waals surface area contributed by atoms with Gasteiger partial charge >= 0.3 is 0 Å². The Balaban J connectivity index is 0.00000225. The molecule has 1 N–H and O–H groups in total. The lowest BCUT2D eigenvalue weighted by atomic mass is 9.90. The molecule has 3 rings (SSSR count). The number of ether oxygens (including phenoxy) is 1. The number of rotatable bonds is 6. The summed E-state index contributed by atoms with van der Waals surface area (Å²) in [6.45, 7) is 2.59. The number of aryl methyl sites for hydroxylation is 1. The first kappa shape index (κ1) is 19.3. The Kier molecular flexibility index (Phi) is 6.84. The molecule has 0 radical (unpaired) electrons. The lowest BCUT2D eigenvalue weighted by Crippen LogP contribution is -2.38. The zero-order valence-corrected chi connectivity index (χ0v) is 15.4. The van der Waals surface area contributed by atoms with Crippen LogP contribution >= 0.6 is 12.4 Å². The molecule has 1 amide bonds. The second-order valence-electron chi connectivity index (χ2n) is 6.24. The van der Waals surface area contributed by atoms with E-state index in [1.807, 2.05) is 56.8 Å². The predicted octanol–water partition coefficient (Wildman–Crippen LogP) is 1.68. The number of halogens is 1. The second-order valence-corrected chi connectivity index (χ2v) is 6.24. The Morgan fingerprint density at radius 3 is 2.80 bits per heavy atom. The summed E-state index contributed by atoms with van der Waals surface area (Å²) in [6.07, 6.45) is 3.85. The molecule has 2 aromatic rings. The number of hydrogen-bond acceptors (Lipinski definition) is 4. The lowest BCUT2D eigenvalue weighted by Gasteiger charge is -2.24. The summed E-state index contributed by atoms with van der Waals surface area (Å²) in [5.41, 5.74) is 1.12. The predicted molar refractivity (Wildman–Crippen MR) is 99.1 cm³/mol. The van der Waals surface area contributed by atoms with E-state index < -0.39 is 0 Å². The third kappa shape index (κ3) is 4.74. The van der Waals surface area contributed by atoms with Gasteiger partial charge in [0.2, 0.25) is 5.91 Å². The molecule has 0 bridgehead atoms. The quantitative estimate of drug-likeness (QED) is 0.847. The van der Waals surface area contributed by atoms with Crippen LogP contribution in [0.4, 0.5) is 0 Å². The first-order chi connectivity index (χ1) is 11.6. The van der Waals surface area contributed by atoms with Crippen LogP contribution in [-0.2, 0) is 11.8 Å². The van der Waals surface area contributed by atoms with Crippen molar-refractivity contribution in [2.45, 2.75) is 5.92 Å². The van der Waals surface area contributed by atoms with Crippen molar-refractivity contribution in [1.29, 1.82) is 0 Å². The summed E-state index contributed by atoms with van der Waals surface area (Å²) in [5.74, 6) is 1.12. The van der Waals surface area contributed by atoms with E-state index >= 15 is 0 Å². The molecule has 2 atom stereocenters. The summed E-state index contributed by atoms with van der Waals surface area (Å²) in [4.78, 5) is 14.5. The zero-order chi connectivity index (χ0) is 16.9. The maximum Gasteiger partial charge on any atom is 0.227 e. The fraction of sp³-hybridized carbons (Fsp3) is 0.444. The first-order valence-electron chi connectivity index (χ1n) is 8.27. The van der Waals surface area contributed by atoms with Gasteiger partial charge in [0.15, 0.2) is 0 Å². The molecule has 1 aromatic heterocycles. The highest BCUT2D eigenvalue weighted by atomic mass is 35.5. The number of nitrogens with one attached hydrogen (secondary N) is 1. The molecule has 1 aliphatic heterocycles. The van der Waals surface area contributed by atoms with Crippen LogP contribution in [0.3, 0.4) is 0 Å². The number of carbonyl (C=O) groups excluding carboxylic acids is 1. The van der Waals surface area contributed by atoms with Crippen molar-refractivity contribution in [2.75, 3.05) is 33.3 Å².